The maximum Gasteiger partial charge on any atom is 0.232 e. The maximum absolute atomic E-state index is 12.5. The van der Waals surface area contributed by atoms with Crippen LogP contribution in [0.2, 0.25) is 0 Å². The molecule has 0 saturated heterocycles. The zero-order valence-electron chi connectivity index (χ0n) is 18.5. The van der Waals surface area contributed by atoms with Crippen LogP contribution in [0.5, 0.6) is 11.5 Å². The average molecular weight is 447 g/mol. The molecule has 168 valence electrons. The first-order chi connectivity index (χ1) is 14.7. The molecule has 1 amide bonds. The van der Waals surface area contributed by atoms with Crippen molar-refractivity contribution in [2.75, 3.05) is 23.9 Å². The SMILES string of the molecule is CCC(NC(=O)CCCN(c1ccc2c(c1)OCO2)S(C)(=O)=O)c1ccc(C)c(C)c1. The summed E-state index contributed by atoms with van der Waals surface area (Å²) >= 11 is 0. The second-order valence-corrected chi connectivity index (χ2v) is 9.76. The number of ether oxygens (including phenoxy) is 2. The van der Waals surface area contributed by atoms with Gasteiger partial charge in [0, 0.05) is 19.0 Å². The van der Waals surface area contributed by atoms with Crippen LogP contribution in [0.1, 0.15) is 48.9 Å². The lowest BCUT2D eigenvalue weighted by molar-refractivity contribution is -0.121. The van der Waals surface area contributed by atoms with Gasteiger partial charge in [-0.25, -0.2) is 8.42 Å². The van der Waals surface area contributed by atoms with Gasteiger partial charge in [0.1, 0.15) is 0 Å². The normalized spacial score (nSPS) is 13.7. The minimum Gasteiger partial charge on any atom is -0.454 e. The summed E-state index contributed by atoms with van der Waals surface area (Å²) in [7, 11) is -3.51. The number of hydrogen-bond acceptors (Lipinski definition) is 5. The molecule has 1 N–H and O–H groups in total. The molecular weight excluding hydrogens is 416 g/mol. The summed E-state index contributed by atoms with van der Waals surface area (Å²) < 4.78 is 36.6. The average Bonchev–Trinajstić information content (AvgIpc) is 3.18. The summed E-state index contributed by atoms with van der Waals surface area (Å²) in [6, 6.07) is 11.2. The second kappa shape index (κ2) is 9.60. The van der Waals surface area contributed by atoms with E-state index >= 15 is 0 Å². The molecule has 3 rings (SSSR count). The van der Waals surface area contributed by atoms with Crippen molar-refractivity contribution in [1.82, 2.24) is 5.32 Å². The minimum atomic E-state index is -3.51. The second-order valence-electron chi connectivity index (χ2n) is 7.85. The van der Waals surface area contributed by atoms with E-state index in [4.69, 9.17) is 9.47 Å². The van der Waals surface area contributed by atoms with E-state index in [0.717, 1.165) is 18.2 Å². The molecule has 0 saturated carbocycles. The Morgan fingerprint density at radius 1 is 1.10 bits per heavy atom. The lowest BCUT2D eigenvalue weighted by Crippen LogP contribution is -2.33. The number of carbonyl (C=O) groups is 1. The Balaban J connectivity index is 1.61. The molecule has 31 heavy (non-hydrogen) atoms. The zero-order valence-corrected chi connectivity index (χ0v) is 19.3. The fourth-order valence-corrected chi connectivity index (χ4v) is 4.54. The minimum absolute atomic E-state index is 0.0633. The summed E-state index contributed by atoms with van der Waals surface area (Å²) in [4.78, 5) is 12.5. The van der Waals surface area contributed by atoms with E-state index in [1.54, 1.807) is 18.2 Å². The van der Waals surface area contributed by atoms with Gasteiger partial charge in [-0.1, -0.05) is 25.1 Å². The third kappa shape index (κ3) is 5.70. The largest absolute Gasteiger partial charge is 0.454 e. The molecule has 1 aliphatic heterocycles. The van der Waals surface area contributed by atoms with Crippen LogP contribution >= 0.6 is 0 Å². The van der Waals surface area contributed by atoms with E-state index in [0.29, 0.717) is 23.6 Å². The molecule has 1 aliphatic rings. The lowest BCUT2D eigenvalue weighted by atomic mass is 9.99. The number of nitrogens with zero attached hydrogens (tertiary/aromatic N) is 1. The molecule has 1 atom stereocenters. The maximum atomic E-state index is 12.5. The van der Waals surface area contributed by atoms with Crippen LogP contribution in [-0.2, 0) is 14.8 Å². The predicted octanol–water partition coefficient (Wildman–Crippen LogP) is 3.85. The summed E-state index contributed by atoms with van der Waals surface area (Å²) in [6.45, 7) is 6.48. The molecule has 0 radical (unpaired) electrons. The van der Waals surface area contributed by atoms with Crippen LogP contribution in [0, 0.1) is 13.8 Å². The number of carbonyl (C=O) groups excluding carboxylic acids is 1. The highest BCUT2D eigenvalue weighted by Gasteiger charge is 2.22. The number of aryl methyl sites for hydroxylation is 2. The molecule has 2 aromatic carbocycles. The smallest absolute Gasteiger partial charge is 0.232 e. The summed E-state index contributed by atoms with van der Waals surface area (Å²) in [5, 5.41) is 3.07. The Labute approximate surface area is 184 Å². The van der Waals surface area contributed by atoms with E-state index in [-0.39, 0.29) is 31.7 Å². The van der Waals surface area contributed by atoms with Crippen molar-refractivity contribution >= 4 is 21.6 Å². The van der Waals surface area contributed by atoms with Gasteiger partial charge in [0.25, 0.3) is 0 Å². The highest BCUT2D eigenvalue weighted by atomic mass is 32.2. The fraction of sp³-hybridized carbons (Fsp3) is 0.435. The first-order valence-corrected chi connectivity index (χ1v) is 12.3. The number of anilines is 1. The molecular formula is C23H30N2O5S. The molecule has 0 fully saturated rings. The molecule has 0 spiro atoms. The summed E-state index contributed by atoms with van der Waals surface area (Å²) in [5.41, 5.74) is 3.98. The number of sulfonamides is 1. The van der Waals surface area contributed by atoms with Crippen LogP contribution in [0.25, 0.3) is 0 Å². The number of amides is 1. The summed E-state index contributed by atoms with van der Waals surface area (Å²) in [6.07, 6.45) is 2.57. The van der Waals surface area contributed by atoms with Crippen molar-refractivity contribution < 1.29 is 22.7 Å². The molecule has 7 nitrogen and oxygen atoms in total. The highest BCUT2D eigenvalue weighted by molar-refractivity contribution is 7.92. The molecule has 8 heteroatoms. The monoisotopic (exact) mass is 446 g/mol. The van der Waals surface area contributed by atoms with Crippen LogP contribution < -0.4 is 19.1 Å². The molecule has 0 aromatic heterocycles. The third-order valence-corrected chi connectivity index (χ3v) is 6.68. The van der Waals surface area contributed by atoms with Gasteiger partial charge in [0.15, 0.2) is 11.5 Å². The molecule has 0 bridgehead atoms. The molecule has 1 unspecified atom stereocenters. The van der Waals surface area contributed by atoms with Crippen LogP contribution in [-0.4, -0.2) is 33.9 Å². The van der Waals surface area contributed by atoms with Crippen molar-refractivity contribution in [1.29, 1.82) is 0 Å². The Bertz CT molecular complexity index is 1050. The predicted molar refractivity (Wildman–Crippen MR) is 121 cm³/mol. The number of nitrogens with one attached hydrogen (secondary N) is 1. The van der Waals surface area contributed by atoms with Gasteiger partial charge in [-0.2, -0.15) is 0 Å². The Kier molecular flexibility index (Phi) is 7.10. The number of hydrogen-bond donors (Lipinski definition) is 1. The highest BCUT2D eigenvalue weighted by Crippen LogP contribution is 2.36. The van der Waals surface area contributed by atoms with Crippen molar-refractivity contribution in [2.45, 2.75) is 46.1 Å². The molecule has 2 aromatic rings. The van der Waals surface area contributed by atoms with Crippen LogP contribution in [0.15, 0.2) is 36.4 Å². The van der Waals surface area contributed by atoms with E-state index in [1.165, 1.54) is 15.4 Å². The van der Waals surface area contributed by atoms with E-state index < -0.39 is 10.0 Å². The van der Waals surface area contributed by atoms with Gasteiger partial charge < -0.3 is 14.8 Å². The van der Waals surface area contributed by atoms with Crippen molar-refractivity contribution in [3.8, 4) is 11.5 Å². The van der Waals surface area contributed by atoms with E-state index in [1.807, 2.05) is 13.0 Å². The Morgan fingerprint density at radius 3 is 2.52 bits per heavy atom. The van der Waals surface area contributed by atoms with Gasteiger partial charge in [-0.3, -0.25) is 9.10 Å². The first kappa shape index (κ1) is 22.9. The summed E-state index contributed by atoms with van der Waals surface area (Å²) in [5.74, 6) is 1.01. The molecule has 0 aliphatic carbocycles. The van der Waals surface area contributed by atoms with Gasteiger partial charge in [-0.05, 0) is 55.5 Å². The van der Waals surface area contributed by atoms with E-state index in [9.17, 15) is 13.2 Å². The van der Waals surface area contributed by atoms with Crippen LogP contribution in [0.4, 0.5) is 5.69 Å². The van der Waals surface area contributed by atoms with Crippen molar-refractivity contribution in [3.63, 3.8) is 0 Å². The van der Waals surface area contributed by atoms with Crippen molar-refractivity contribution in [3.05, 3.63) is 53.1 Å². The number of fused-ring (bicyclic) bond motifs is 1. The number of rotatable bonds is 9. The van der Waals surface area contributed by atoms with Gasteiger partial charge in [0.05, 0.1) is 18.0 Å². The zero-order chi connectivity index (χ0) is 22.6. The van der Waals surface area contributed by atoms with Gasteiger partial charge >= 0.3 is 0 Å². The topological polar surface area (TPSA) is 84.9 Å². The van der Waals surface area contributed by atoms with Gasteiger partial charge in [-0.15, -0.1) is 0 Å². The van der Waals surface area contributed by atoms with E-state index in [2.05, 4.69) is 31.3 Å². The third-order valence-electron chi connectivity index (χ3n) is 5.49. The molecule has 1 heterocycles. The fourth-order valence-electron chi connectivity index (χ4n) is 3.58. The number of benzene rings is 2. The lowest BCUT2D eigenvalue weighted by Gasteiger charge is -2.23. The Morgan fingerprint density at radius 2 is 1.84 bits per heavy atom. The quantitative estimate of drug-likeness (QED) is 0.633. The van der Waals surface area contributed by atoms with Crippen LogP contribution in [0.3, 0.4) is 0 Å². The van der Waals surface area contributed by atoms with Gasteiger partial charge in [0.2, 0.25) is 22.7 Å². The Hall–Kier alpha value is -2.74. The standard InChI is InChI=1S/C23H30N2O5S/c1-5-20(18-9-8-16(2)17(3)13-18)24-23(26)7-6-12-25(31(4,27)28)19-10-11-21-22(14-19)30-15-29-21/h8-11,13-14,20H,5-7,12,15H2,1-4H3,(H,24,26). The first-order valence-electron chi connectivity index (χ1n) is 10.4. The van der Waals surface area contributed by atoms with Crippen molar-refractivity contribution in [2.24, 2.45) is 0 Å².